The maximum atomic E-state index is 12.7. The monoisotopic (exact) mass is 562 g/mol. The van der Waals surface area contributed by atoms with Crippen LogP contribution in [0.25, 0.3) is 0 Å². The smallest absolute Gasteiger partial charge is 0.380 e. The molecule has 1 atom stereocenters. The number of aliphatic imine (C=N–C) groups is 1. The van der Waals surface area contributed by atoms with Crippen LogP contribution in [0.15, 0.2) is 53.5 Å². The minimum Gasteiger partial charge on any atom is -0.380 e. The van der Waals surface area contributed by atoms with Crippen molar-refractivity contribution in [2.75, 3.05) is 27.2 Å². The van der Waals surface area contributed by atoms with Gasteiger partial charge in [-0.25, -0.2) is 0 Å². The van der Waals surface area contributed by atoms with Crippen LogP contribution >= 0.6 is 24.0 Å². The van der Waals surface area contributed by atoms with Crippen molar-refractivity contribution in [1.29, 1.82) is 0 Å². The molecule has 0 spiro atoms. The second-order valence-corrected chi connectivity index (χ2v) is 7.69. The summed E-state index contributed by atoms with van der Waals surface area (Å²) in [5.41, 5.74) is 2.56. The zero-order valence-electron chi connectivity index (χ0n) is 18.3. The summed E-state index contributed by atoms with van der Waals surface area (Å²) in [4.78, 5) is 6.56. The summed E-state index contributed by atoms with van der Waals surface area (Å²) in [6.07, 6.45) is -3.35. The van der Waals surface area contributed by atoms with E-state index in [0.29, 0.717) is 19.7 Å². The summed E-state index contributed by atoms with van der Waals surface area (Å²) in [5.74, 6) is 0.730. The van der Waals surface area contributed by atoms with Crippen molar-refractivity contribution in [3.05, 3.63) is 70.8 Å². The first-order valence-electron chi connectivity index (χ1n) is 10.3. The molecular weight excluding hydrogens is 532 g/mol. The predicted molar refractivity (Wildman–Crippen MR) is 131 cm³/mol. The molecule has 0 amide bonds. The normalized spacial score (nSPS) is 17.2. The van der Waals surface area contributed by atoms with Gasteiger partial charge >= 0.3 is 6.18 Å². The second-order valence-electron chi connectivity index (χ2n) is 7.69. The van der Waals surface area contributed by atoms with Gasteiger partial charge in [0.15, 0.2) is 5.96 Å². The molecule has 1 heterocycles. The van der Waals surface area contributed by atoms with Crippen LogP contribution in [-0.2, 0) is 30.6 Å². The summed E-state index contributed by atoms with van der Waals surface area (Å²) < 4.78 is 43.4. The van der Waals surface area contributed by atoms with Gasteiger partial charge in [-0.05, 0) is 35.2 Å². The topological polar surface area (TPSA) is 48.9 Å². The summed E-state index contributed by atoms with van der Waals surface area (Å²) in [5, 5.41) is 6.80. The van der Waals surface area contributed by atoms with Gasteiger partial charge in [0.1, 0.15) is 0 Å². The van der Waals surface area contributed by atoms with Gasteiger partial charge in [0.2, 0.25) is 0 Å². The van der Waals surface area contributed by atoms with Crippen LogP contribution in [0, 0.1) is 0 Å². The molecule has 5 nitrogen and oxygen atoms in total. The maximum absolute atomic E-state index is 12.7. The molecule has 9 heteroatoms. The summed E-state index contributed by atoms with van der Waals surface area (Å²) in [7, 11) is 3.42. The summed E-state index contributed by atoms with van der Waals surface area (Å²) in [6, 6.07) is 13.8. The van der Waals surface area contributed by atoms with Gasteiger partial charge < -0.3 is 15.4 Å². The Morgan fingerprint density at radius 3 is 2.44 bits per heavy atom. The Labute approximate surface area is 204 Å². The van der Waals surface area contributed by atoms with Gasteiger partial charge in [-0.1, -0.05) is 36.4 Å². The van der Waals surface area contributed by atoms with E-state index >= 15 is 0 Å². The summed E-state index contributed by atoms with van der Waals surface area (Å²) >= 11 is 0. The predicted octanol–water partition coefficient (Wildman–Crippen LogP) is 4.41. The number of alkyl halides is 3. The van der Waals surface area contributed by atoms with Gasteiger partial charge in [-0.2, -0.15) is 13.2 Å². The average Bonchev–Trinajstić information content (AvgIpc) is 3.18. The molecule has 0 radical (unpaired) electrons. The van der Waals surface area contributed by atoms with Gasteiger partial charge in [0, 0.05) is 46.4 Å². The number of benzene rings is 2. The van der Waals surface area contributed by atoms with E-state index in [1.54, 1.807) is 26.3 Å². The van der Waals surface area contributed by atoms with Crippen LogP contribution in [0.1, 0.15) is 28.7 Å². The highest BCUT2D eigenvalue weighted by Gasteiger charge is 2.30. The Morgan fingerprint density at radius 2 is 1.81 bits per heavy atom. The van der Waals surface area contributed by atoms with E-state index in [1.807, 2.05) is 18.2 Å². The van der Waals surface area contributed by atoms with E-state index in [2.05, 4.69) is 26.6 Å². The van der Waals surface area contributed by atoms with Gasteiger partial charge in [-0.15, -0.1) is 24.0 Å². The first kappa shape index (κ1) is 26.4. The molecule has 1 aliphatic rings. The molecule has 1 saturated heterocycles. The number of ether oxygens (including phenoxy) is 1. The summed E-state index contributed by atoms with van der Waals surface area (Å²) in [6.45, 7) is 3.52. The van der Waals surface area contributed by atoms with Gasteiger partial charge in [-0.3, -0.25) is 9.89 Å². The van der Waals surface area contributed by atoms with E-state index < -0.39 is 11.7 Å². The maximum Gasteiger partial charge on any atom is 0.416 e. The Hall–Kier alpha value is -1.85. The van der Waals surface area contributed by atoms with Crippen LogP contribution in [0.4, 0.5) is 13.2 Å². The molecule has 2 aromatic rings. The molecule has 0 saturated carbocycles. The van der Waals surface area contributed by atoms with Crippen LogP contribution in [-0.4, -0.2) is 44.1 Å². The number of rotatable bonds is 7. The highest BCUT2D eigenvalue weighted by atomic mass is 127. The lowest BCUT2D eigenvalue weighted by molar-refractivity contribution is -0.137. The molecule has 1 fully saturated rings. The first-order valence-corrected chi connectivity index (χ1v) is 10.3. The lowest BCUT2D eigenvalue weighted by Crippen LogP contribution is -2.44. The molecule has 0 bridgehead atoms. The van der Waals surface area contributed by atoms with Crippen LogP contribution in [0.3, 0.4) is 0 Å². The number of nitrogens with one attached hydrogen (secondary N) is 2. The van der Waals surface area contributed by atoms with E-state index in [0.717, 1.165) is 54.3 Å². The largest absolute Gasteiger partial charge is 0.416 e. The van der Waals surface area contributed by atoms with Gasteiger partial charge in [0.05, 0.1) is 12.2 Å². The minimum atomic E-state index is -4.30. The number of likely N-dealkylation sites (tertiary alicyclic amines) is 1. The average molecular weight is 562 g/mol. The molecule has 0 aliphatic carbocycles. The van der Waals surface area contributed by atoms with Crippen molar-refractivity contribution in [3.8, 4) is 0 Å². The standard InChI is InChI=1S/C23H29F3N4O.HI/c1-27-22(28-13-18-5-3-4-6-19(18)16-31-2)29-21-11-12-30(15-21)14-17-7-9-20(10-8-17)23(24,25)26;/h3-10,21H,11-16H2,1-2H3,(H2,27,28,29);1H. The van der Waals surface area contributed by atoms with Crippen molar-refractivity contribution < 1.29 is 17.9 Å². The van der Waals surface area contributed by atoms with Crippen LogP contribution in [0.5, 0.6) is 0 Å². The molecule has 0 aromatic heterocycles. The Balaban J connectivity index is 0.00000363. The van der Waals surface area contributed by atoms with E-state index in [-0.39, 0.29) is 30.0 Å². The zero-order valence-corrected chi connectivity index (χ0v) is 20.6. The third kappa shape index (κ3) is 7.63. The Kier molecular flexibility index (Phi) is 10.2. The molecule has 1 unspecified atom stereocenters. The molecule has 2 aromatic carbocycles. The number of nitrogens with zero attached hydrogens (tertiary/aromatic N) is 2. The molecule has 2 N–H and O–H groups in total. The van der Waals surface area contributed by atoms with Crippen molar-refractivity contribution in [1.82, 2.24) is 15.5 Å². The fourth-order valence-corrected chi connectivity index (χ4v) is 3.74. The lowest BCUT2D eigenvalue weighted by Gasteiger charge is -2.19. The Bertz CT molecular complexity index is 874. The fraction of sp³-hybridized carbons (Fsp3) is 0.435. The fourth-order valence-electron chi connectivity index (χ4n) is 3.74. The van der Waals surface area contributed by atoms with E-state index in [4.69, 9.17) is 4.74 Å². The number of halogens is 4. The van der Waals surface area contributed by atoms with Crippen molar-refractivity contribution in [2.24, 2.45) is 4.99 Å². The Morgan fingerprint density at radius 1 is 1.12 bits per heavy atom. The molecule has 32 heavy (non-hydrogen) atoms. The lowest BCUT2D eigenvalue weighted by atomic mass is 10.1. The van der Waals surface area contributed by atoms with Crippen LogP contribution < -0.4 is 10.6 Å². The number of hydrogen-bond acceptors (Lipinski definition) is 3. The molecule has 176 valence electrons. The van der Waals surface area contributed by atoms with Crippen molar-refractivity contribution in [2.45, 2.75) is 38.3 Å². The van der Waals surface area contributed by atoms with Crippen LogP contribution in [0.2, 0.25) is 0 Å². The third-order valence-electron chi connectivity index (χ3n) is 5.39. The van der Waals surface area contributed by atoms with Gasteiger partial charge in [0.25, 0.3) is 0 Å². The number of guanidine groups is 1. The van der Waals surface area contributed by atoms with Crippen molar-refractivity contribution >= 4 is 29.9 Å². The zero-order chi connectivity index (χ0) is 22.3. The highest BCUT2D eigenvalue weighted by molar-refractivity contribution is 14.0. The SMILES string of the molecule is CN=C(NCc1ccccc1COC)NC1CCN(Cc2ccc(C(F)(F)F)cc2)C1.I. The van der Waals surface area contributed by atoms with E-state index in [1.165, 1.54) is 0 Å². The highest BCUT2D eigenvalue weighted by Crippen LogP contribution is 2.29. The number of hydrogen-bond donors (Lipinski definition) is 2. The van der Waals surface area contributed by atoms with E-state index in [9.17, 15) is 13.2 Å². The molecule has 3 rings (SSSR count). The third-order valence-corrected chi connectivity index (χ3v) is 5.39. The second kappa shape index (κ2) is 12.4. The molecule has 1 aliphatic heterocycles. The minimum absolute atomic E-state index is 0. The van der Waals surface area contributed by atoms with Crippen molar-refractivity contribution in [3.63, 3.8) is 0 Å². The quantitative estimate of drug-likeness (QED) is 0.299. The first-order chi connectivity index (χ1) is 14.9. The molecular formula is C23H30F3IN4O. The number of methoxy groups -OCH3 is 1.